The predicted molar refractivity (Wildman–Crippen MR) is 153 cm³/mol. The van der Waals surface area contributed by atoms with Crippen molar-refractivity contribution in [2.45, 2.75) is 58.7 Å². The van der Waals surface area contributed by atoms with Crippen LogP contribution < -0.4 is 16.0 Å². The third kappa shape index (κ3) is 5.06. The molecule has 1 aliphatic carbocycles. The van der Waals surface area contributed by atoms with Crippen LogP contribution in [-0.2, 0) is 13.0 Å². The first-order valence-electron chi connectivity index (χ1n) is 13.3. The van der Waals surface area contributed by atoms with E-state index in [0.717, 1.165) is 49.1 Å². The van der Waals surface area contributed by atoms with E-state index in [4.69, 9.17) is 0 Å². The average molecular weight is 538 g/mol. The highest BCUT2D eigenvalue weighted by molar-refractivity contribution is 7.10. The number of anilines is 2. The first-order chi connectivity index (χ1) is 18.8. The molecule has 0 unspecified atom stereocenters. The van der Waals surface area contributed by atoms with Crippen LogP contribution in [-0.4, -0.2) is 33.1 Å². The van der Waals surface area contributed by atoms with Gasteiger partial charge < -0.3 is 16.0 Å². The molecule has 3 aromatic heterocycles. The van der Waals surface area contributed by atoms with Crippen molar-refractivity contribution in [1.82, 2.24) is 25.3 Å². The maximum absolute atomic E-state index is 10.1. The van der Waals surface area contributed by atoms with Crippen LogP contribution in [0.1, 0.15) is 78.5 Å². The number of thiophene rings is 1. The predicted octanol–water partition coefficient (Wildman–Crippen LogP) is 5.27. The summed E-state index contributed by atoms with van der Waals surface area (Å²) in [6.07, 6.45) is 6.83. The molecule has 39 heavy (non-hydrogen) atoms. The van der Waals surface area contributed by atoms with Crippen LogP contribution in [0.15, 0.2) is 29.9 Å². The van der Waals surface area contributed by atoms with Crippen molar-refractivity contribution < 1.29 is 0 Å². The van der Waals surface area contributed by atoms with E-state index in [2.05, 4.69) is 75.7 Å². The molecule has 9 nitrogen and oxygen atoms in total. The monoisotopic (exact) mass is 537 g/mol. The third-order valence-corrected chi connectivity index (χ3v) is 8.27. The van der Waals surface area contributed by atoms with Gasteiger partial charge in [-0.25, -0.2) is 4.68 Å². The number of benzene rings is 1. The molecule has 3 N–H and O–H groups in total. The van der Waals surface area contributed by atoms with E-state index in [9.17, 15) is 10.5 Å². The van der Waals surface area contributed by atoms with Crippen molar-refractivity contribution in [3.05, 3.63) is 62.7 Å². The van der Waals surface area contributed by atoms with Gasteiger partial charge in [-0.3, -0.25) is 4.98 Å². The van der Waals surface area contributed by atoms with Crippen LogP contribution in [0.25, 0.3) is 10.9 Å². The molecule has 0 bridgehead atoms. The molecular weight excluding hydrogens is 506 g/mol. The standard InChI is InChI=1S/C29H31N9S/c1-29(2,3)16-34-27-18(11-31)12-33-26-17(10-30)8-19(9-22(26)27)35-28(24-14-38(37-36-24)20-4-5-20)23-15-39-25-13-32-7-6-21(23)25/h8-9,12,14-15,20,28,32,35H,4-7,13,16H2,1-3H3,(H,33,34)/t28-/m0/s1. The Morgan fingerprint density at radius 1 is 1.21 bits per heavy atom. The molecule has 2 aliphatic rings. The number of rotatable bonds is 7. The molecule has 1 atom stereocenters. The Balaban J connectivity index is 1.46. The van der Waals surface area contributed by atoms with Gasteiger partial charge in [0, 0.05) is 35.2 Å². The van der Waals surface area contributed by atoms with Crippen molar-refractivity contribution in [1.29, 1.82) is 10.5 Å². The zero-order valence-corrected chi connectivity index (χ0v) is 23.2. The lowest BCUT2D eigenvalue weighted by atomic mass is 9.96. The largest absolute Gasteiger partial charge is 0.383 e. The van der Waals surface area contributed by atoms with E-state index in [1.807, 2.05) is 16.8 Å². The highest BCUT2D eigenvalue weighted by Gasteiger charge is 2.29. The smallest absolute Gasteiger partial charge is 0.110 e. The summed E-state index contributed by atoms with van der Waals surface area (Å²) in [5.74, 6) is 0. The Morgan fingerprint density at radius 2 is 2.03 bits per heavy atom. The number of pyridine rings is 1. The molecule has 4 aromatic rings. The molecule has 1 aromatic carbocycles. The Kier molecular flexibility index (Phi) is 6.46. The fourth-order valence-corrected chi connectivity index (χ4v) is 6.14. The maximum Gasteiger partial charge on any atom is 0.110 e. The van der Waals surface area contributed by atoms with Gasteiger partial charge in [0.15, 0.2) is 0 Å². The van der Waals surface area contributed by atoms with Crippen molar-refractivity contribution >= 4 is 33.6 Å². The summed E-state index contributed by atoms with van der Waals surface area (Å²) in [7, 11) is 0. The molecule has 10 heteroatoms. The summed E-state index contributed by atoms with van der Waals surface area (Å²) in [5, 5.41) is 42.6. The van der Waals surface area contributed by atoms with Gasteiger partial charge in [-0.1, -0.05) is 26.0 Å². The molecule has 0 saturated heterocycles. The van der Waals surface area contributed by atoms with Crippen molar-refractivity contribution in [3.63, 3.8) is 0 Å². The average Bonchev–Trinajstić information content (AvgIpc) is 3.51. The Hall–Kier alpha value is -3.99. The zero-order valence-electron chi connectivity index (χ0n) is 22.4. The molecule has 4 heterocycles. The zero-order chi connectivity index (χ0) is 27.1. The third-order valence-electron chi connectivity index (χ3n) is 7.23. The van der Waals surface area contributed by atoms with Gasteiger partial charge in [0.1, 0.15) is 17.8 Å². The molecule has 0 radical (unpaired) electrons. The number of nitrogens with zero attached hydrogens (tertiary/aromatic N) is 6. The van der Waals surface area contributed by atoms with E-state index in [0.29, 0.717) is 34.9 Å². The van der Waals surface area contributed by atoms with E-state index in [1.54, 1.807) is 17.5 Å². The summed E-state index contributed by atoms with van der Waals surface area (Å²) < 4.78 is 1.98. The van der Waals surface area contributed by atoms with Crippen LogP contribution in [0, 0.1) is 28.1 Å². The highest BCUT2D eigenvalue weighted by Crippen LogP contribution is 2.39. The van der Waals surface area contributed by atoms with Crippen LogP contribution >= 0.6 is 11.3 Å². The Morgan fingerprint density at radius 3 is 2.77 bits per heavy atom. The van der Waals surface area contributed by atoms with Gasteiger partial charge in [0.25, 0.3) is 0 Å². The van der Waals surface area contributed by atoms with Crippen molar-refractivity contribution in [2.24, 2.45) is 5.41 Å². The van der Waals surface area contributed by atoms with Crippen LogP contribution in [0.3, 0.4) is 0 Å². The van der Waals surface area contributed by atoms with Crippen LogP contribution in [0.4, 0.5) is 11.4 Å². The van der Waals surface area contributed by atoms with Gasteiger partial charge in [-0.05, 0) is 59.9 Å². The SMILES string of the molecule is CC(C)(C)CNc1c(C#N)cnc2c(C#N)cc(N[C@H](c3cn(C4CC4)nn3)c3csc4c3CCNC4)cc12. The molecule has 1 saturated carbocycles. The molecule has 6 rings (SSSR count). The number of nitrogens with one attached hydrogen (secondary N) is 3. The number of aromatic nitrogens is 4. The first kappa shape index (κ1) is 25.3. The second-order valence-corrected chi connectivity index (χ2v) is 12.5. The summed E-state index contributed by atoms with van der Waals surface area (Å²) in [6.45, 7) is 8.90. The Bertz CT molecular complexity index is 1630. The summed E-state index contributed by atoms with van der Waals surface area (Å²) in [5.41, 5.74) is 6.38. The van der Waals surface area contributed by atoms with Gasteiger partial charge in [-0.2, -0.15) is 10.5 Å². The second kappa shape index (κ2) is 9.96. The van der Waals surface area contributed by atoms with Crippen molar-refractivity contribution in [3.8, 4) is 12.1 Å². The van der Waals surface area contributed by atoms with Gasteiger partial charge in [0.2, 0.25) is 0 Å². The van der Waals surface area contributed by atoms with Crippen LogP contribution in [0.2, 0.25) is 0 Å². The summed E-state index contributed by atoms with van der Waals surface area (Å²) >= 11 is 1.77. The van der Waals surface area contributed by atoms with E-state index >= 15 is 0 Å². The lowest BCUT2D eigenvalue weighted by molar-refractivity contribution is 0.443. The molecule has 198 valence electrons. The minimum absolute atomic E-state index is 0.00160. The molecule has 1 aliphatic heterocycles. The second-order valence-electron chi connectivity index (χ2n) is 11.6. The summed E-state index contributed by atoms with van der Waals surface area (Å²) in [4.78, 5) is 5.85. The number of nitriles is 2. The molecular formula is C29H31N9S. The first-order valence-corrected chi connectivity index (χ1v) is 14.2. The topological polar surface area (TPSA) is 127 Å². The lowest BCUT2D eigenvalue weighted by Gasteiger charge is -2.23. The fraction of sp³-hybridized carbons (Fsp3) is 0.414. The number of hydrogen-bond donors (Lipinski definition) is 3. The van der Waals surface area contributed by atoms with E-state index < -0.39 is 0 Å². The lowest BCUT2D eigenvalue weighted by Crippen LogP contribution is -2.24. The molecule has 1 fully saturated rings. The quantitative estimate of drug-likeness (QED) is 0.291. The molecule has 0 spiro atoms. The van der Waals surface area contributed by atoms with Crippen molar-refractivity contribution in [2.75, 3.05) is 23.7 Å². The minimum Gasteiger partial charge on any atom is -0.383 e. The van der Waals surface area contributed by atoms with Crippen LogP contribution in [0.5, 0.6) is 0 Å². The normalized spacial score (nSPS) is 15.8. The minimum atomic E-state index is -0.224. The van der Waals surface area contributed by atoms with Gasteiger partial charge >= 0.3 is 0 Å². The number of hydrogen-bond acceptors (Lipinski definition) is 9. The van der Waals surface area contributed by atoms with Gasteiger partial charge in [0.05, 0.1) is 40.6 Å². The highest BCUT2D eigenvalue weighted by atomic mass is 32.1. The summed E-state index contributed by atoms with van der Waals surface area (Å²) in [6, 6.07) is 8.64. The van der Waals surface area contributed by atoms with Gasteiger partial charge in [-0.15, -0.1) is 16.4 Å². The number of fused-ring (bicyclic) bond motifs is 2. The van der Waals surface area contributed by atoms with E-state index in [1.165, 1.54) is 16.0 Å². The molecule has 0 amide bonds. The fourth-order valence-electron chi connectivity index (χ4n) is 5.05. The maximum atomic E-state index is 10.1. The Labute approximate surface area is 231 Å². The van der Waals surface area contributed by atoms with E-state index in [-0.39, 0.29) is 11.5 Å².